The van der Waals surface area contributed by atoms with Crippen LogP contribution in [0.3, 0.4) is 0 Å². The second-order valence-corrected chi connectivity index (χ2v) is 8.31. The van der Waals surface area contributed by atoms with Crippen molar-refractivity contribution in [2.75, 3.05) is 23.8 Å². The molecule has 1 saturated carbocycles. The molecule has 0 spiro atoms. The summed E-state index contributed by atoms with van der Waals surface area (Å²) in [6.07, 6.45) is 0.876. The largest absolute Gasteiger partial charge is 0.490 e. The standard InChI is InChI=1S/C24H20FN5O4/c1-12-2-3-13(21-29-24(34-30-21)15-10-16(15)25)8-18(12)28-22(31)20-11-27-23(33-20)14-4-5-17-19(9-14)32-7-6-26-17/h2-5,8-9,11,15-16,26H,6-7,10H2,1H3,(H,28,31)/t15-,16-/m0/s1. The average Bonchev–Trinajstić information content (AvgIpc) is 3.23. The maximum Gasteiger partial charge on any atom is 0.293 e. The number of benzene rings is 2. The molecule has 2 atom stereocenters. The van der Waals surface area contributed by atoms with Crippen LogP contribution in [0.1, 0.15) is 34.3 Å². The summed E-state index contributed by atoms with van der Waals surface area (Å²) in [5.74, 6) is 0.987. The summed E-state index contributed by atoms with van der Waals surface area (Å²) in [6, 6.07) is 11.0. The number of nitrogens with one attached hydrogen (secondary N) is 2. The van der Waals surface area contributed by atoms with Gasteiger partial charge in [-0.1, -0.05) is 17.3 Å². The van der Waals surface area contributed by atoms with Crippen molar-refractivity contribution in [3.63, 3.8) is 0 Å². The van der Waals surface area contributed by atoms with E-state index >= 15 is 0 Å². The lowest BCUT2D eigenvalue weighted by atomic mass is 10.1. The number of carbonyl (C=O) groups excluding carboxylic acids is 1. The molecule has 34 heavy (non-hydrogen) atoms. The van der Waals surface area contributed by atoms with E-state index in [-0.39, 0.29) is 11.7 Å². The van der Waals surface area contributed by atoms with Gasteiger partial charge in [0.1, 0.15) is 18.5 Å². The van der Waals surface area contributed by atoms with Gasteiger partial charge in [-0.2, -0.15) is 4.98 Å². The maximum atomic E-state index is 13.3. The molecule has 2 aromatic heterocycles. The molecule has 2 aromatic carbocycles. The van der Waals surface area contributed by atoms with E-state index in [1.54, 1.807) is 6.07 Å². The van der Waals surface area contributed by atoms with Crippen molar-refractivity contribution in [3.8, 4) is 28.6 Å². The Morgan fingerprint density at radius 1 is 1.21 bits per heavy atom. The summed E-state index contributed by atoms with van der Waals surface area (Å²) < 4.78 is 29.8. The molecule has 6 rings (SSSR count). The molecule has 1 aliphatic carbocycles. The first kappa shape index (κ1) is 20.4. The van der Waals surface area contributed by atoms with Crippen LogP contribution < -0.4 is 15.4 Å². The third-order valence-corrected chi connectivity index (χ3v) is 5.85. The minimum atomic E-state index is -0.918. The number of aryl methyl sites for hydroxylation is 1. The number of nitrogens with zero attached hydrogens (tertiary/aromatic N) is 3. The van der Waals surface area contributed by atoms with Crippen LogP contribution in [0.2, 0.25) is 0 Å². The van der Waals surface area contributed by atoms with E-state index in [1.807, 2.05) is 37.3 Å². The first-order chi connectivity index (χ1) is 16.5. The van der Waals surface area contributed by atoms with Crippen molar-refractivity contribution < 1.29 is 22.9 Å². The lowest BCUT2D eigenvalue weighted by molar-refractivity contribution is 0.0997. The van der Waals surface area contributed by atoms with Gasteiger partial charge in [0.15, 0.2) is 0 Å². The molecule has 2 aliphatic rings. The molecule has 4 aromatic rings. The number of aromatic nitrogens is 3. The van der Waals surface area contributed by atoms with Crippen LogP contribution in [0.15, 0.2) is 51.5 Å². The summed E-state index contributed by atoms with van der Waals surface area (Å²) in [6.45, 7) is 3.20. The monoisotopic (exact) mass is 461 g/mol. The van der Waals surface area contributed by atoms with Crippen LogP contribution in [-0.2, 0) is 0 Å². The van der Waals surface area contributed by atoms with Gasteiger partial charge < -0.3 is 24.3 Å². The highest BCUT2D eigenvalue weighted by atomic mass is 19.1. The molecule has 0 radical (unpaired) electrons. The van der Waals surface area contributed by atoms with E-state index < -0.39 is 12.1 Å². The number of halogens is 1. The fourth-order valence-corrected chi connectivity index (χ4v) is 3.78. The lowest BCUT2D eigenvalue weighted by Crippen LogP contribution is -2.17. The Kier molecular flexibility index (Phi) is 4.79. The van der Waals surface area contributed by atoms with Crippen molar-refractivity contribution in [1.29, 1.82) is 0 Å². The number of rotatable bonds is 5. The van der Waals surface area contributed by atoms with Crippen molar-refractivity contribution in [1.82, 2.24) is 15.1 Å². The molecule has 9 nitrogen and oxygen atoms in total. The van der Waals surface area contributed by atoms with Crippen LogP contribution >= 0.6 is 0 Å². The van der Waals surface area contributed by atoms with Gasteiger partial charge in [-0.25, -0.2) is 9.37 Å². The van der Waals surface area contributed by atoms with Gasteiger partial charge in [0, 0.05) is 23.4 Å². The number of hydrogen-bond donors (Lipinski definition) is 2. The van der Waals surface area contributed by atoms with Gasteiger partial charge in [0.2, 0.25) is 23.4 Å². The summed E-state index contributed by atoms with van der Waals surface area (Å²) >= 11 is 0. The summed E-state index contributed by atoms with van der Waals surface area (Å²) in [4.78, 5) is 21.4. The van der Waals surface area contributed by atoms with Crippen molar-refractivity contribution in [2.45, 2.75) is 25.4 Å². The highest BCUT2D eigenvalue weighted by Crippen LogP contribution is 2.43. The zero-order valence-electron chi connectivity index (χ0n) is 18.2. The van der Waals surface area contributed by atoms with Crippen molar-refractivity contribution in [2.24, 2.45) is 0 Å². The molecule has 10 heteroatoms. The van der Waals surface area contributed by atoms with E-state index in [0.29, 0.717) is 53.2 Å². The smallest absolute Gasteiger partial charge is 0.293 e. The number of carbonyl (C=O) groups is 1. The fraction of sp³-hybridized carbons (Fsp3) is 0.250. The first-order valence-corrected chi connectivity index (χ1v) is 10.9. The van der Waals surface area contributed by atoms with Crippen LogP contribution in [0.4, 0.5) is 15.8 Å². The predicted molar refractivity (Wildman–Crippen MR) is 121 cm³/mol. The Bertz CT molecular complexity index is 1400. The molecular weight excluding hydrogens is 441 g/mol. The Morgan fingerprint density at radius 2 is 2.06 bits per heavy atom. The summed E-state index contributed by atoms with van der Waals surface area (Å²) in [5.41, 5.74) is 3.66. The molecule has 0 unspecified atom stereocenters. The number of fused-ring (bicyclic) bond motifs is 1. The predicted octanol–water partition coefficient (Wildman–Crippen LogP) is 4.58. The van der Waals surface area contributed by atoms with Crippen molar-refractivity contribution >= 4 is 17.3 Å². The first-order valence-electron chi connectivity index (χ1n) is 10.9. The lowest BCUT2D eigenvalue weighted by Gasteiger charge is -2.19. The third kappa shape index (κ3) is 3.76. The second-order valence-electron chi connectivity index (χ2n) is 8.31. The zero-order valence-corrected chi connectivity index (χ0v) is 18.2. The van der Waals surface area contributed by atoms with Crippen LogP contribution in [0.25, 0.3) is 22.8 Å². The maximum absolute atomic E-state index is 13.3. The van der Waals surface area contributed by atoms with Gasteiger partial charge in [-0.3, -0.25) is 4.79 Å². The minimum absolute atomic E-state index is 0.0705. The third-order valence-electron chi connectivity index (χ3n) is 5.85. The fourth-order valence-electron chi connectivity index (χ4n) is 3.78. The topological polar surface area (TPSA) is 115 Å². The van der Waals surface area contributed by atoms with E-state index in [4.69, 9.17) is 13.7 Å². The summed E-state index contributed by atoms with van der Waals surface area (Å²) in [5, 5.41) is 10.0. The molecule has 1 amide bonds. The SMILES string of the molecule is Cc1ccc(-c2noc([C@H]3C[C@@H]3F)n2)cc1NC(=O)c1cnc(-c2ccc3c(c2)OCCN3)o1. The number of amides is 1. The molecule has 0 bridgehead atoms. The summed E-state index contributed by atoms with van der Waals surface area (Å²) in [7, 11) is 0. The second kappa shape index (κ2) is 7.98. The van der Waals surface area contributed by atoms with Crippen molar-refractivity contribution in [3.05, 3.63) is 59.8 Å². The van der Waals surface area contributed by atoms with Gasteiger partial charge in [-0.05, 0) is 43.2 Å². The Hall–Kier alpha value is -4.21. The van der Waals surface area contributed by atoms with E-state index in [2.05, 4.69) is 25.8 Å². The normalized spacial score (nSPS) is 18.5. The Labute approximate surface area is 193 Å². The van der Waals surface area contributed by atoms with Gasteiger partial charge in [0.05, 0.1) is 17.8 Å². The Balaban J connectivity index is 1.20. The molecule has 1 aliphatic heterocycles. The quantitative estimate of drug-likeness (QED) is 0.444. The van der Waals surface area contributed by atoms with Gasteiger partial charge >= 0.3 is 0 Å². The number of hydrogen-bond acceptors (Lipinski definition) is 8. The number of oxazole rings is 1. The Morgan fingerprint density at radius 3 is 2.91 bits per heavy atom. The molecule has 2 N–H and O–H groups in total. The average molecular weight is 461 g/mol. The highest BCUT2D eigenvalue weighted by Gasteiger charge is 2.43. The number of anilines is 2. The van der Waals surface area contributed by atoms with E-state index in [9.17, 15) is 9.18 Å². The molecule has 1 fully saturated rings. The van der Waals surface area contributed by atoms with Crippen LogP contribution in [-0.4, -0.2) is 40.4 Å². The molecule has 172 valence electrons. The molecular formula is C24H20FN5O4. The number of ether oxygens (including phenoxy) is 1. The van der Waals surface area contributed by atoms with Gasteiger partial charge in [0.25, 0.3) is 5.91 Å². The molecule has 3 heterocycles. The van der Waals surface area contributed by atoms with E-state index in [1.165, 1.54) is 6.20 Å². The van der Waals surface area contributed by atoms with Crippen LogP contribution in [0, 0.1) is 6.92 Å². The van der Waals surface area contributed by atoms with E-state index in [0.717, 1.165) is 17.8 Å². The molecule has 0 saturated heterocycles. The minimum Gasteiger partial charge on any atom is -0.490 e. The number of alkyl halides is 1. The zero-order chi connectivity index (χ0) is 23.2. The highest BCUT2D eigenvalue weighted by molar-refractivity contribution is 6.03. The van der Waals surface area contributed by atoms with Crippen LogP contribution in [0.5, 0.6) is 5.75 Å². The van der Waals surface area contributed by atoms with Gasteiger partial charge in [-0.15, -0.1) is 0 Å².